The highest BCUT2D eigenvalue weighted by Crippen LogP contribution is 2.30. The Morgan fingerprint density at radius 2 is 2.00 bits per heavy atom. The van der Waals surface area contributed by atoms with Gasteiger partial charge >= 0.3 is 0 Å². The highest BCUT2D eigenvalue weighted by Gasteiger charge is 2.38. The Morgan fingerprint density at radius 3 is 2.72 bits per heavy atom. The monoisotopic (exact) mass is 358 g/mol. The zero-order valence-corrected chi connectivity index (χ0v) is 15.2. The third kappa shape index (κ3) is 3.44. The van der Waals surface area contributed by atoms with Crippen molar-refractivity contribution in [2.45, 2.75) is 25.4 Å². The van der Waals surface area contributed by atoms with Crippen molar-refractivity contribution in [2.75, 3.05) is 19.6 Å². The van der Waals surface area contributed by atoms with Gasteiger partial charge in [-0.05, 0) is 24.3 Å². The fourth-order valence-electron chi connectivity index (χ4n) is 4.14. The minimum Gasteiger partial charge on any atom is -0.333 e. The molecule has 3 aliphatic rings. The quantitative estimate of drug-likeness (QED) is 0.847. The summed E-state index contributed by atoms with van der Waals surface area (Å²) in [5, 5.41) is 4.70. The summed E-state index contributed by atoms with van der Waals surface area (Å²) in [4.78, 5) is 17.5. The predicted molar refractivity (Wildman–Crippen MR) is 97.5 cm³/mol. The van der Waals surface area contributed by atoms with E-state index in [9.17, 15) is 4.79 Å². The highest BCUT2D eigenvalue weighted by molar-refractivity contribution is 6.33. The zero-order valence-electron chi connectivity index (χ0n) is 14.4. The number of halogens is 1. The van der Waals surface area contributed by atoms with Gasteiger partial charge in [0.1, 0.15) is 0 Å². The lowest BCUT2D eigenvalue weighted by Gasteiger charge is -2.35. The number of carbonyl (C=O) groups excluding carboxylic acids is 1. The molecular weight excluding hydrogens is 336 g/mol. The Morgan fingerprint density at radius 1 is 1.20 bits per heavy atom. The summed E-state index contributed by atoms with van der Waals surface area (Å²) >= 11 is 6.20. The van der Waals surface area contributed by atoms with Crippen molar-refractivity contribution in [3.8, 4) is 0 Å². The van der Waals surface area contributed by atoms with Gasteiger partial charge in [0.2, 0.25) is 0 Å². The van der Waals surface area contributed by atoms with E-state index in [4.69, 9.17) is 11.6 Å². The normalized spacial score (nSPS) is 23.7. The van der Waals surface area contributed by atoms with E-state index in [1.54, 1.807) is 17.9 Å². The molecule has 2 atom stereocenters. The second kappa shape index (κ2) is 6.81. The number of nitrogens with zero attached hydrogens (tertiary/aromatic N) is 4. The molecule has 3 aliphatic heterocycles. The molecule has 3 saturated heterocycles. The lowest BCUT2D eigenvalue weighted by atomic mass is 9.95. The number of fused-ring (bicyclic) bond motifs is 4. The molecule has 5 rings (SSSR count). The van der Waals surface area contributed by atoms with Crippen molar-refractivity contribution in [3.63, 3.8) is 0 Å². The summed E-state index contributed by atoms with van der Waals surface area (Å²) in [6.45, 7) is 3.72. The lowest BCUT2D eigenvalue weighted by Crippen LogP contribution is -2.47. The van der Waals surface area contributed by atoms with E-state index in [2.05, 4.69) is 34.3 Å². The molecule has 0 spiro atoms. The molecule has 3 fully saturated rings. The third-order valence-electron chi connectivity index (χ3n) is 5.29. The average molecular weight is 359 g/mol. The van der Waals surface area contributed by atoms with Crippen molar-refractivity contribution < 1.29 is 4.79 Å². The third-order valence-corrected chi connectivity index (χ3v) is 5.56. The summed E-state index contributed by atoms with van der Waals surface area (Å²) in [6, 6.07) is 10.8. The number of piperidine rings is 1. The molecular formula is C19H23ClN4O. The van der Waals surface area contributed by atoms with E-state index < -0.39 is 0 Å². The lowest BCUT2D eigenvalue weighted by molar-refractivity contribution is 0.0578. The van der Waals surface area contributed by atoms with E-state index in [-0.39, 0.29) is 11.9 Å². The Bertz CT molecular complexity index is 760. The number of benzene rings is 1. The molecule has 0 radical (unpaired) electrons. The molecule has 6 heteroatoms. The van der Waals surface area contributed by atoms with Crippen LogP contribution in [0.25, 0.3) is 0 Å². The Labute approximate surface area is 153 Å². The van der Waals surface area contributed by atoms with Gasteiger partial charge < -0.3 is 4.90 Å². The molecule has 1 aromatic carbocycles. The summed E-state index contributed by atoms with van der Waals surface area (Å²) in [6.07, 6.45) is 3.94. The second-order valence-electron chi connectivity index (χ2n) is 7.23. The molecule has 132 valence electrons. The van der Waals surface area contributed by atoms with Crippen LogP contribution in [-0.4, -0.2) is 51.2 Å². The van der Waals surface area contributed by atoms with Crippen LogP contribution < -0.4 is 0 Å². The van der Waals surface area contributed by atoms with Gasteiger partial charge in [-0.25, -0.2) is 0 Å². The zero-order chi connectivity index (χ0) is 17.4. The van der Waals surface area contributed by atoms with Gasteiger partial charge in [0, 0.05) is 45.5 Å². The molecule has 25 heavy (non-hydrogen) atoms. The van der Waals surface area contributed by atoms with Crippen molar-refractivity contribution in [1.82, 2.24) is 19.6 Å². The highest BCUT2D eigenvalue weighted by atomic mass is 35.5. The molecule has 0 saturated carbocycles. The maximum atomic E-state index is 13.0. The van der Waals surface area contributed by atoms with Crippen molar-refractivity contribution in [1.29, 1.82) is 0 Å². The molecule has 0 unspecified atom stereocenters. The standard InChI is InChI=1S/C19H23ClN4O/c1-22-13-17(20)18(21-22)19(25)24-11-15-7-8-16(24)12-23(10-15)9-14-5-3-2-4-6-14/h2-6,13,15-16H,7-12H2,1H3/t15-,16+/m0/s1. The van der Waals surface area contributed by atoms with E-state index in [1.807, 2.05) is 11.0 Å². The first-order valence-electron chi connectivity index (χ1n) is 8.86. The van der Waals surface area contributed by atoms with Gasteiger partial charge in [-0.15, -0.1) is 0 Å². The van der Waals surface area contributed by atoms with Crippen LogP contribution in [-0.2, 0) is 13.6 Å². The largest absolute Gasteiger partial charge is 0.333 e. The summed E-state index contributed by atoms with van der Waals surface area (Å²) in [7, 11) is 1.79. The second-order valence-corrected chi connectivity index (χ2v) is 7.64. The first kappa shape index (κ1) is 16.6. The van der Waals surface area contributed by atoms with Gasteiger partial charge in [0.15, 0.2) is 5.69 Å². The van der Waals surface area contributed by atoms with E-state index in [0.29, 0.717) is 16.6 Å². The van der Waals surface area contributed by atoms with Crippen LogP contribution in [0, 0.1) is 5.92 Å². The minimum atomic E-state index is -0.0261. The molecule has 1 amide bonds. The van der Waals surface area contributed by atoms with Crippen molar-refractivity contribution in [3.05, 3.63) is 52.8 Å². The van der Waals surface area contributed by atoms with Gasteiger partial charge in [0.05, 0.1) is 5.02 Å². The van der Waals surface area contributed by atoms with Crippen LogP contribution in [0.5, 0.6) is 0 Å². The molecule has 1 aromatic heterocycles. The maximum Gasteiger partial charge on any atom is 0.276 e. The topological polar surface area (TPSA) is 41.4 Å². The van der Waals surface area contributed by atoms with Crippen LogP contribution >= 0.6 is 11.6 Å². The summed E-state index contributed by atoms with van der Waals surface area (Å²) < 4.78 is 1.60. The number of hydrogen-bond donors (Lipinski definition) is 0. The summed E-state index contributed by atoms with van der Waals surface area (Å²) in [5.74, 6) is 0.496. The number of aromatic nitrogens is 2. The number of carbonyl (C=O) groups is 1. The molecule has 2 aromatic rings. The first-order chi connectivity index (χ1) is 12.1. The van der Waals surface area contributed by atoms with Gasteiger partial charge in [0.25, 0.3) is 5.91 Å². The van der Waals surface area contributed by atoms with Crippen LogP contribution in [0.2, 0.25) is 5.02 Å². The minimum absolute atomic E-state index is 0.0261. The van der Waals surface area contributed by atoms with E-state index in [1.165, 1.54) is 12.0 Å². The van der Waals surface area contributed by atoms with Gasteiger partial charge in [-0.1, -0.05) is 41.9 Å². The Balaban J connectivity index is 1.51. The van der Waals surface area contributed by atoms with Gasteiger partial charge in [-0.2, -0.15) is 5.10 Å². The van der Waals surface area contributed by atoms with Gasteiger partial charge in [-0.3, -0.25) is 14.4 Å². The molecule has 0 aliphatic carbocycles. The number of rotatable bonds is 3. The van der Waals surface area contributed by atoms with Crippen LogP contribution in [0.15, 0.2) is 36.5 Å². The maximum absolute atomic E-state index is 13.0. The summed E-state index contributed by atoms with van der Waals surface area (Å²) in [5.41, 5.74) is 1.71. The fraction of sp³-hybridized carbons (Fsp3) is 0.474. The molecule has 4 heterocycles. The fourth-order valence-corrected chi connectivity index (χ4v) is 4.40. The van der Waals surface area contributed by atoms with Crippen LogP contribution in [0.3, 0.4) is 0 Å². The Kier molecular flexibility index (Phi) is 4.52. The smallest absolute Gasteiger partial charge is 0.276 e. The average Bonchev–Trinajstić information content (AvgIpc) is 2.76. The molecule has 2 bridgehead atoms. The number of amides is 1. The van der Waals surface area contributed by atoms with Crippen molar-refractivity contribution in [2.24, 2.45) is 13.0 Å². The van der Waals surface area contributed by atoms with Crippen LogP contribution in [0.1, 0.15) is 28.9 Å². The SMILES string of the molecule is Cn1cc(Cl)c(C(=O)N2C[C@H]3CC[C@@H]2CN(Cc2ccccc2)C3)n1. The molecule has 5 nitrogen and oxygen atoms in total. The van der Waals surface area contributed by atoms with E-state index >= 15 is 0 Å². The predicted octanol–water partition coefficient (Wildman–Crippen LogP) is 2.81. The Hall–Kier alpha value is -1.85. The van der Waals surface area contributed by atoms with Crippen molar-refractivity contribution >= 4 is 17.5 Å². The van der Waals surface area contributed by atoms with E-state index in [0.717, 1.165) is 32.6 Å². The first-order valence-corrected chi connectivity index (χ1v) is 9.24. The number of aryl methyl sites for hydroxylation is 1. The number of hydrogen-bond acceptors (Lipinski definition) is 3. The van der Waals surface area contributed by atoms with Crippen LogP contribution in [0.4, 0.5) is 0 Å². The molecule has 0 N–H and O–H groups in total.